The zero-order valence-electron chi connectivity index (χ0n) is 14.1. The monoisotopic (exact) mass is 303 g/mol. The number of aldehydes is 1. The molecule has 0 bridgehead atoms. The van der Waals surface area contributed by atoms with E-state index in [0.717, 1.165) is 43.3 Å². The van der Waals surface area contributed by atoms with Crippen LogP contribution >= 0.6 is 0 Å². The quantitative estimate of drug-likeness (QED) is 0.329. The molecular weight excluding hydrogens is 274 g/mol. The molecule has 122 valence electrons. The predicted molar refractivity (Wildman–Crippen MR) is 93.8 cm³/mol. The van der Waals surface area contributed by atoms with Crippen molar-refractivity contribution in [1.29, 1.82) is 0 Å². The van der Waals surface area contributed by atoms with Gasteiger partial charge in [0.05, 0.1) is 5.71 Å². The average Bonchev–Trinajstić information content (AvgIpc) is 2.58. The van der Waals surface area contributed by atoms with E-state index < -0.39 is 0 Å². The SMILES string of the molecule is CN/N=C(CC(C)(C)CCN)\C1=C\C/C=C\C/C(C=O)=C\C1. The molecule has 0 aromatic rings. The van der Waals surface area contributed by atoms with E-state index in [1.54, 1.807) is 0 Å². The molecule has 1 aliphatic rings. The number of nitrogens with zero attached hydrogens (tertiary/aromatic N) is 1. The zero-order chi connectivity index (χ0) is 16.4. The first-order valence-corrected chi connectivity index (χ1v) is 7.94. The van der Waals surface area contributed by atoms with E-state index >= 15 is 0 Å². The topological polar surface area (TPSA) is 67.5 Å². The van der Waals surface area contributed by atoms with Crippen molar-refractivity contribution >= 4 is 12.0 Å². The lowest BCUT2D eigenvalue weighted by Gasteiger charge is -2.25. The van der Waals surface area contributed by atoms with Gasteiger partial charge in [-0.05, 0) is 55.2 Å². The highest BCUT2D eigenvalue weighted by molar-refractivity contribution is 6.00. The van der Waals surface area contributed by atoms with Gasteiger partial charge in [-0.3, -0.25) is 4.79 Å². The highest BCUT2D eigenvalue weighted by Gasteiger charge is 2.21. The minimum absolute atomic E-state index is 0.108. The first-order chi connectivity index (χ1) is 10.5. The Morgan fingerprint density at radius 1 is 1.36 bits per heavy atom. The second kappa shape index (κ2) is 9.36. The average molecular weight is 303 g/mol. The third-order valence-corrected chi connectivity index (χ3v) is 3.84. The molecule has 3 N–H and O–H groups in total. The summed E-state index contributed by atoms with van der Waals surface area (Å²) < 4.78 is 0. The van der Waals surface area contributed by atoms with Crippen molar-refractivity contribution in [2.75, 3.05) is 13.6 Å². The largest absolute Gasteiger partial charge is 0.330 e. The highest BCUT2D eigenvalue weighted by atomic mass is 16.1. The summed E-state index contributed by atoms with van der Waals surface area (Å²) in [6.45, 7) is 5.11. The molecule has 4 nitrogen and oxygen atoms in total. The van der Waals surface area contributed by atoms with Gasteiger partial charge in [0.1, 0.15) is 6.29 Å². The summed E-state index contributed by atoms with van der Waals surface area (Å²) in [7, 11) is 1.82. The summed E-state index contributed by atoms with van der Waals surface area (Å²) in [5.74, 6) is 0. The van der Waals surface area contributed by atoms with Crippen molar-refractivity contribution in [3.63, 3.8) is 0 Å². The third-order valence-electron chi connectivity index (χ3n) is 3.84. The summed E-state index contributed by atoms with van der Waals surface area (Å²) in [6, 6.07) is 0. The summed E-state index contributed by atoms with van der Waals surface area (Å²) in [6.07, 6.45) is 13.5. The van der Waals surface area contributed by atoms with Gasteiger partial charge in [-0.25, -0.2) is 0 Å². The van der Waals surface area contributed by atoms with E-state index in [0.29, 0.717) is 13.0 Å². The van der Waals surface area contributed by atoms with Crippen LogP contribution in [0.25, 0.3) is 0 Å². The van der Waals surface area contributed by atoms with E-state index in [2.05, 4.69) is 36.5 Å². The predicted octanol–water partition coefficient (Wildman–Crippen LogP) is 3.12. The van der Waals surface area contributed by atoms with E-state index in [9.17, 15) is 4.79 Å². The Labute approximate surface area is 134 Å². The molecule has 0 radical (unpaired) electrons. The fourth-order valence-corrected chi connectivity index (χ4v) is 2.56. The van der Waals surface area contributed by atoms with Gasteiger partial charge >= 0.3 is 0 Å². The highest BCUT2D eigenvalue weighted by Crippen LogP contribution is 2.28. The number of nitrogens with one attached hydrogen (secondary N) is 1. The van der Waals surface area contributed by atoms with Crippen LogP contribution in [-0.4, -0.2) is 25.6 Å². The molecule has 0 heterocycles. The smallest absolute Gasteiger partial charge is 0.146 e. The molecule has 0 aromatic carbocycles. The fourth-order valence-electron chi connectivity index (χ4n) is 2.56. The van der Waals surface area contributed by atoms with Crippen molar-refractivity contribution in [2.45, 2.75) is 46.0 Å². The van der Waals surface area contributed by atoms with Crippen molar-refractivity contribution < 1.29 is 4.79 Å². The summed E-state index contributed by atoms with van der Waals surface area (Å²) in [5, 5.41) is 4.48. The summed E-state index contributed by atoms with van der Waals surface area (Å²) >= 11 is 0. The third kappa shape index (κ3) is 6.39. The van der Waals surface area contributed by atoms with Crippen LogP contribution in [-0.2, 0) is 4.79 Å². The molecule has 0 fully saturated rings. The lowest BCUT2D eigenvalue weighted by molar-refractivity contribution is -0.105. The molecule has 4 heteroatoms. The molecule has 0 saturated carbocycles. The van der Waals surface area contributed by atoms with Gasteiger partial charge in [-0.15, -0.1) is 0 Å². The second-order valence-electron chi connectivity index (χ2n) is 6.40. The minimum Gasteiger partial charge on any atom is -0.330 e. The van der Waals surface area contributed by atoms with Gasteiger partial charge in [-0.1, -0.05) is 38.2 Å². The minimum atomic E-state index is 0.108. The maximum Gasteiger partial charge on any atom is 0.146 e. The Morgan fingerprint density at radius 2 is 2.14 bits per heavy atom. The number of hydrogen-bond donors (Lipinski definition) is 2. The summed E-state index contributed by atoms with van der Waals surface area (Å²) in [5.41, 5.74) is 11.8. The molecule has 0 unspecified atom stereocenters. The van der Waals surface area contributed by atoms with Gasteiger partial charge in [0.25, 0.3) is 0 Å². The fraction of sp³-hybridized carbons (Fsp3) is 0.556. The van der Waals surface area contributed by atoms with Crippen molar-refractivity contribution in [1.82, 2.24) is 5.43 Å². The van der Waals surface area contributed by atoms with Crippen molar-refractivity contribution in [3.05, 3.63) is 35.5 Å². The van der Waals surface area contributed by atoms with Gasteiger partial charge in [0.15, 0.2) is 0 Å². The lowest BCUT2D eigenvalue weighted by Crippen LogP contribution is -2.23. The van der Waals surface area contributed by atoms with Gasteiger partial charge in [-0.2, -0.15) is 5.10 Å². The first kappa shape index (κ1) is 18.4. The Balaban J connectivity index is 3.00. The van der Waals surface area contributed by atoms with Crippen LogP contribution in [0.4, 0.5) is 0 Å². The van der Waals surface area contributed by atoms with Gasteiger partial charge < -0.3 is 11.2 Å². The number of carbonyl (C=O) groups is 1. The molecule has 0 spiro atoms. The molecule has 0 atom stereocenters. The molecule has 0 saturated heterocycles. The van der Waals surface area contributed by atoms with E-state index in [1.807, 2.05) is 19.2 Å². The van der Waals surface area contributed by atoms with Gasteiger partial charge in [0.2, 0.25) is 0 Å². The van der Waals surface area contributed by atoms with Gasteiger partial charge in [0, 0.05) is 7.05 Å². The molecule has 1 rings (SSSR count). The maximum atomic E-state index is 11.1. The van der Waals surface area contributed by atoms with Crippen molar-refractivity contribution in [2.24, 2.45) is 16.3 Å². The molecular formula is C18H29N3O. The van der Waals surface area contributed by atoms with Crippen LogP contribution < -0.4 is 11.2 Å². The number of rotatable bonds is 7. The van der Waals surface area contributed by atoms with Crippen LogP contribution in [0.2, 0.25) is 0 Å². The first-order valence-electron chi connectivity index (χ1n) is 7.94. The van der Waals surface area contributed by atoms with E-state index in [-0.39, 0.29) is 5.41 Å². The van der Waals surface area contributed by atoms with Crippen LogP contribution in [0.1, 0.15) is 46.0 Å². The van der Waals surface area contributed by atoms with Crippen LogP contribution in [0.3, 0.4) is 0 Å². The van der Waals surface area contributed by atoms with Crippen molar-refractivity contribution in [3.8, 4) is 0 Å². The standard InChI is InChI=1S/C18H29N3O/c1-18(2,11-12-19)13-17(21-20-3)16-8-6-4-5-7-15(14-22)9-10-16/h4-5,8-9,14,20H,6-7,10-13,19H2,1-3H3/b5-4-,15-9+,16-8+,21-17-. The molecule has 0 aliphatic heterocycles. The van der Waals surface area contributed by atoms with Crippen LogP contribution in [0, 0.1) is 5.41 Å². The zero-order valence-corrected chi connectivity index (χ0v) is 14.1. The van der Waals surface area contributed by atoms with Crippen LogP contribution in [0.5, 0.6) is 0 Å². The Hall–Kier alpha value is -1.68. The van der Waals surface area contributed by atoms with Crippen LogP contribution in [0.15, 0.2) is 40.6 Å². The number of hydrogen-bond acceptors (Lipinski definition) is 4. The van der Waals surface area contributed by atoms with E-state index in [1.165, 1.54) is 5.57 Å². The Kier molecular flexibility index (Phi) is 7.82. The second-order valence-corrected chi connectivity index (χ2v) is 6.40. The Bertz CT molecular complexity index is 485. The molecule has 0 aromatic heterocycles. The normalized spacial score (nSPS) is 23.2. The van der Waals surface area contributed by atoms with E-state index in [4.69, 9.17) is 5.73 Å². The summed E-state index contributed by atoms with van der Waals surface area (Å²) in [4.78, 5) is 11.1. The number of allylic oxidation sites excluding steroid dienone is 6. The Morgan fingerprint density at radius 3 is 2.77 bits per heavy atom. The number of hydrazone groups is 1. The maximum absolute atomic E-state index is 11.1. The molecule has 22 heavy (non-hydrogen) atoms. The number of nitrogens with two attached hydrogens (primary N) is 1. The lowest BCUT2D eigenvalue weighted by atomic mass is 9.81. The molecule has 0 amide bonds. The molecule has 1 aliphatic carbocycles. The number of carbonyl (C=O) groups excluding carboxylic acids is 1.